The van der Waals surface area contributed by atoms with Crippen molar-refractivity contribution >= 4 is 28.1 Å². The lowest BCUT2D eigenvalue weighted by atomic mass is 10.2. The second-order valence-electron chi connectivity index (χ2n) is 3.72. The number of amides is 1. The lowest BCUT2D eigenvalue weighted by molar-refractivity contribution is -0.130. The maximum absolute atomic E-state index is 11.4. The number of benzene rings is 1. The van der Waals surface area contributed by atoms with Gasteiger partial charge in [-0.3, -0.25) is 9.59 Å². The molecule has 1 rings (SSSR count). The summed E-state index contributed by atoms with van der Waals surface area (Å²) in [5.41, 5.74) is 0.327. The number of likely N-dealkylation sites (N-methyl/N-ethyl adjacent to an activating group) is 1. The molecular weight excluding hydrogens is 302 g/mol. The van der Waals surface area contributed by atoms with Gasteiger partial charge in [-0.15, -0.1) is 0 Å². The van der Waals surface area contributed by atoms with Crippen LogP contribution in [0.2, 0.25) is 0 Å². The minimum Gasteiger partial charge on any atom is -0.493 e. The summed E-state index contributed by atoms with van der Waals surface area (Å²) in [5.74, 6) is 0.473. The topological polar surface area (TPSA) is 55.8 Å². The van der Waals surface area contributed by atoms with Crippen molar-refractivity contribution in [2.45, 2.75) is 0 Å². The van der Waals surface area contributed by atoms with Gasteiger partial charge in [0.15, 0.2) is 24.4 Å². The van der Waals surface area contributed by atoms with Gasteiger partial charge in [0.2, 0.25) is 0 Å². The van der Waals surface area contributed by atoms with Crippen molar-refractivity contribution < 1.29 is 19.1 Å². The molecule has 1 aromatic rings. The van der Waals surface area contributed by atoms with E-state index < -0.39 is 0 Å². The first kappa shape index (κ1) is 14.5. The Morgan fingerprint density at radius 2 is 2.11 bits per heavy atom. The SMILES string of the molecule is COc1cc(Br)cc(C=O)c1OCC(=O)N(C)C. The van der Waals surface area contributed by atoms with Crippen molar-refractivity contribution in [1.29, 1.82) is 0 Å². The first-order valence-corrected chi connectivity index (χ1v) is 5.94. The van der Waals surface area contributed by atoms with Gasteiger partial charge >= 0.3 is 0 Å². The zero-order valence-electron chi connectivity index (χ0n) is 10.4. The molecule has 18 heavy (non-hydrogen) atoms. The Kier molecular flexibility index (Phi) is 5.15. The summed E-state index contributed by atoms with van der Waals surface area (Å²) in [6.07, 6.45) is 0.656. The Morgan fingerprint density at radius 1 is 1.44 bits per heavy atom. The van der Waals surface area contributed by atoms with Gasteiger partial charge in [-0.05, 0) is 12.1 Å². The van der Waals surface area contributed by atoms with Crippen molar-refractivity contribution in [3.8, 4) is 11.5 Å². The molecule has 0 bridgehead atoms. The Labute approximate surface area is 114 Å². The van der Waals surface area contributed by atoms with Gasteiger partial charge in [-0.2, -0.15) is 0 Å². The Hall–Kier alpha value is -1.56. The summed E-state index contributed by atoms with van der Waals surface area (Å²) in [6.45, 7) is -0.147. The van der Waals surface area contributed by atoms with Crippen molar-refractivity contribution in [3.05, 3.63) is 22.2 Å². The maximum Gasteiger partial charge on any atom is 0.259 e. The third-order valence-corrected chi connectivity index (χ3v) is 2.69. The number of methoxy groups -OCH3 is 1. The van der Waals surface area contributed by atoms with Crippen molar-refractivity contribution in [1.82, 2.24) is 4.90 Å². The molecule has 5 nitrogen and oxygen atoms in total. The van der Waals surface area contributed by atoms with Crippen LogP contribution in [-0.4, -0.2) is 44.9 Å². The Morgan fingerprint density at radius 3 is 2.61 bits per heavy atom. The fraction of sp³-hybridized carbons (Fsp3) is 0.333. The van der Waals surface area contributed by atoms with Crippen LogP contribution >= 0.6 is 15.9 Å². The zero-order chi connectivity index (χ0) is 13.7. The fourth-order valence-corrected chi connectivity index (χ4v) is 1.70. The molecule has 0 unspecified atom stereocenters. The molecule has 0 aliphatic rings. The number of ether oxygens (including phenoxy) is 2. The highest BCUT2D eigenvalue weighted by atomic mass is 79.9. The number of carbonyl (C=O) groups excluding carboxylic acids is 2. The summed E-state index contributed by atoms with van der Waals surface area (Å²) >= 11 is 3.26. The van der Waals surface area contributed by atoms with Crippen LogP contribution in [-0.2, 0) is 4.79 Å². The Bertz CT molecular complexity index is 460. The molecule has 0 aliphatic carbocycles. The van der Waals surface area contributed by atoms with E-state index in [2.05, 4.69) is 15.9 Å². The van der Waals surface area contributed by atoms with Crippen molar-refractivity contribution in [3.63, 3.8) is 0 Å². The highest BCUT2D eigenvalue weighted by Crippen LogP contribution is 2.33. The zero-order valence-corrected chi connectivity index (χ0v) is 12.0. The van der Waals surface area contributed by atoms with Crippen LogP contribution in [0.5, 0.6) is 11.5 Å². The van der Waals surface area contributed by atoms with E-state index in [0.29, 0.717) is 22.1 Å². The molecule has 0 saturated heterocycles. The molecule has 1 aromatic carbocycles. The number of halogens is 1. The molecule has 6 heteroatoms. The van der Waals surface area contributed by atoms with Crippen LogP contribution in [0.25, 0.3) is 0 Å². The van der Waals surface area contributed by atoms with E-state index in [4.69, 9.17) is 9.47 Å². The fourth-order valence-electron chi connectivity index (χ4n) is 1.25. The molecule has 0 heterocycles. The molecule has 0 atom stereocenters. The van der Waals surface area contributed by atoms with Gasteiger partial charge in [0.05, 0.1) is 12.7 Å². The van der Waals surface area contributed by atoms with Crippen LogP contribution in [0, 0.1) is 0 Å². The predicted molar refractivity (Wildman–Crippen MR) is 70.3 cm³/mol. The minimum atomic E-state index is -0.197. The number of carbonyl (C=O) groups is 2. The smallest absolute Gasteiger partial charge is 0.259 e. The monoisotopic (exact) mass is 315 g/mol. The van der Waals surface area contributed by atoms with Gasteiger partial charge in [0.25, 0.3) is 5.91 Å². The first-order valence-electron chi connectivity index (χ1n) is 5.15. The molecule has 0 aliphatic heterocycles. The Balaban J connectivity index is 2.99. The standard InChI is InChI=1S/C12H14BrNO4/c1-14(2)11(16)7-18-12-8(6-15)4-9(13)5-10(12)17-3/h4-6H,7H2,1-3H3. The summed E-state index contributed by atoms with van der Waals surface area (Å²) < 4.78 is 11.2. The molecule has 98 valence electrons. The lowest BCUT2D eigenvalue weighted by Gasteiger charge is -2.15. The van der Waals surface area contributed by atoms with Gasteiger partial charge in [-0.1, -0.05) is 15.9 Å². The second kappa shape index (κ2) is 6.39. The molecule has 0 fully saturated rings. The third-order valence-electron chi connectivity index (χ3n) is 2.23. The highest BCUT2D eigenvalue weighted by Gasteiger charge is 2.14. The van der Waals surface area contributed by atoms with E-state index >= 15 is 0 Å². The van der Waals surface area contributed by atoms with Gasteiger partial charge in [-0.25, -0.2) is 0 Å². The average molecular weight is 316 g/mol. The van der Waals surface area contributed by atoms with Crippen LogP contribution in [0.15, 0.2) is 16.6 Å². The van der Waals surface area contributed by atoms with E-state index in [0.717, 1.165) is 0 Å². The van der Waals surface area contributed by atoms with E-state index in [1.165, 1.54) is 12.0 Å². The molecule has 0 N–H and O–H groups in total. The van der Waals surface area contributed by atoms with E-state index in [1.54, 1.807) is 26.2 Å². The summed E-state index contributed by atoms with van der Waals surface area (Å²) in [6, 6.07) is 3.27. The van der Waals surface area contributed by atoms with E-state index in [-0.39, 0.29) is 18.3 Å². The number of nitrogens with zero attached hydrogens (tertiary/aromatic N) is 1. The summed E-state index contributed by atoms with van der Waals surface area (Å²) in [7, 11) is 4.73. The molecule has 0 aromatic heterocycles. The van der Waals surface area contributed by atoms with Crippen LogP contribution < -0.4 is 9.47 Å². The summed E-state index contributed by atoms with van der Waals surface area (Å²) in [5, 5.41) is 0. The van der Waals surface area contributed by atoms with Gasteiger partial charge < -0.3 is 14.4 Å². The number of rotatable bonds is 5. The van der Waals surface area contributed by atoms with E-state index in [1.807, 2.05) is 0 Å². The molecular formula is C12H14BrNO4. The molecule has 1 amide bonds. The molecule has 0 saturated carbocycles. The largest absolute Gasteiger partial charge is 0.493 e. The van der Waals surface area contributed by atoms with Crippen molar-refractivity contribution in [2.75, 3.05) is 27.8 Å². The quantitative estimate of drug-likeness (QED) is 0.777. The highest BCUT2D eigenvalue weighted by molar-refractivity contribution is 9.10. The normalized spacial score (nSPS) is 9.78. The third kappa shape index (κ3) is 3.46. The second-order valence-corrected chi connectivity index (χ2v) is 4.64. The van der Waals surface area contributed by atoms with Crippen molar-refractivity contribution in [2.24, 2.45) is 0 Å². The minimum absolute atomic E-state index is 0.147. The maximum atomic E-state index is 11.4. The van der Waals surface area contributed by atoms with Gasteiger partial charge in [0, 0.05) is 18.6 Å². The van der Waals surface area contributed by atoms with E-state index in [9.17, 15) is 9.59 Å². The number of hydrogen-bond donors (Lipinski definition) is 0. The number of hydrogen-bond acceptors (Lipinski definition) is 4. The van der Waals surface area contributed by atoms with Gasteiger partial charge in [0.1, 0.15) is 0 Å². The molecule has 0 spiro atoms. The predicted octanol–water partition coefficient (Wildman–Crippen LogP) is 1.74. The van der Waals surface area contributed by atoms with Crippen LogP contribution in [0.1, 0.15) is 10.4 Å². The summed E-state index contributed by atoms with van der Waals surface area (Å²) in [4.78, 5) is 23.8. The van der Waals surface area contributed by atoms with Crippen LogP contribution in [0.3, 0.4) is 0 Å². The van der Waals surface area contributed by atoms with Crippen LogP contribution in [0.4, 0.5) is 0 Å². The molecule has 0 radical (unpaired) electrons. The number of aldehydes is 1. The first-order chi connectivity index (χ1) is 8.49. The lowest BCUT2D eigenvalue weighted by Crippen LogP contribution is -2.27. The average Bonchev–Trinajstić information content (AvgIpc) is 2.35.